The molecule has 1 amide bonds. The van der Waals surface area contributed by atoms with Gasteiger partial charge in [-0.2, -0.15) is 0 Å². The minimum absolute atomic E-state index is 0.0795. The first kappa shape index (κ1) is 17.7. The quantitative estimate of drug-likeness (QED) is 0.642. The molecule has 2 aromatic heterocycles. The van der Waals surface area contributed by atoms with E-state index >= 15 is 0 Å². The third-order valence-electron chi connectivity index (χ3n) is 3.06. The second-order valence-electron chi connectivity index (χ2n) is 5.06. The number of halogens is 2. The summed E-state index contributed by atoms with van der Waals surface area (Å²) in [6.07, 6.45) is 1.41. The highest BCUT2D eigenvalue weighted by atomic mass is 35.5. The fourth-order valence-electron chi connectivity index (χ4n) is 1.96. The molecule has 0 aliphatic carbocycles. The van der Waals surface area contributed by atoms with Crippen LogP contribution < -0.4 is 5.32 Å². The van der Waals surface area contributed by atoms with E-state index in [-0.39, 0.29) is 22.5 Å². The summed E-state index contributed by atoms with van der Waals surface area (Å²) in [7, 11) is 0. The largest absolute Gasteiger partial charge is 0.411 e. The third-order valence-corrected chi connectivity index (χ3v) is 4.38. The van der Waals surface area contributed by atoms with Gasteiger partial charge in [0.2, 0.25) is 11.8 Å². The molecule has 25 heavy (non-hydrogen) atoms. The van der Waals surface area contributed by atoms with E-state index in [1.807, 2.05) is 31.2 Å². The van der Waals surface area contributed by atoms with E-state index in [4.69, 9.17) is 27.6 Å². The van der Waals surface area contributed by atoms with Gasteiger partial charge in [0.15, 0.2) is 5.82 Å². The van der Waals surface area contributed by atoms with E-state index in [9.17, 15) is 4.79 Å². The van der Waals surface area contributed by atoms with Gasteiger partial charge in [0.25, 0.3) is 5.22 Å². The number of rotatable bonds is 5. The lowest BCUT2D eigenvalue weighted by atomic mass is 10.1. The van der Waals surface area contributed by atoms with Crippen molar-refractivity contribution in [2.75, 3.05) is 11.1 Å². The summed E-state index contributed by atoms with van der Waals surface area (Å²) in [6, 6.07) is 9.23. The average Bonchev–Trinajstić information content (AvgIpc) is 3.05. The zero-order chi connectivity index (χ0) is 17.8. The van der Waals surface area contributed by atoms with Gasteiger partial charge in [-0.15, -0.1) is 10.2 Å². The van der Waals surface area contributed by atoms with Crippen LogP contribution in [0.4, 0.5) is 5.82 Å². The number of hydrogen-bond donors (Lipinski definition) is 1. The first-order valence-electron chi connectivity index (χ1n) is 7.15. The highest BCUT2D eigenvalue weighted by Gasteiger charge is 2.13. The number of pyridine rings is 1. The summed E-state index contributed by atoms with van der Waals surface area (Å²) in [4.78, 5) is 16.0. The Bertz CT molecular complexity index is 917. The molecule has 1 N–H and O–H groups in total. The van der Waals surface area contributed by atoms with Crippen LogP contribution in [0, 0.1) is 6.92 Å². The van der Waals surface area contributed by atoms with Gasteiger partial charge >= 0.3 is 0 Å². The Kier molecular flexibility index (Phi) is 5.57. The molecule has 6 nitrogen and oxygen atoms in total. The number of thioether (sulfide) groups is 1. The zero-order valence-corrected chi connectivity index (χ0v) is 15.3. The lowest BCUT2D eigenvalue weighted by Crippen LogP contribution is -2.15. The molecule has 0 atom stereocenters. The minimum Gasteiger partial charge on any atom is -0.411 e. The van der Waals surface area contributed by atoms with Crippen molar-refractivity contribution in [3.8, 4) is 11.5 Å². The van der Waals surface area contributed by atoms with Gasteiger partial charge in [-0.25, -0.2) is 4.98 Å². The molecule has 0 radical (unpaired) electrons. The molecule has 0 saturated heterocycles. The van der Waals surface area contributed by atoms with Gasteiger partial charge in [0.1, 0.15) is 0 Å². The molecule has 1 aromatic carbocycles. The Balaban J connectivity index is 1.59. The predicted octanol–water partition coefficient (Wildman–Crippen LogP) is 4.48. The van der Waals surface area contributed by atoms with Gasteiger partial charge < -0.3 is 9.73 Å². The monoisotopic (exact) mass is 394 g/mol. The normalized spacial score (nSPS) is 10.7. The molecule has 128 valence electrons. The van der Waals surface area contributed by atoms with Crippen molar-refractivity contribution in [2.24, 2.45) is 0 Å². The SMILES string of the molecule is Cc1cccc(-c2nnc(SCC(=O)Nc3ncc(Cl)cc3Cl)o2)c1. The van der Waals surface area contributed by atoms with Crippen LogP contribution in [-0.4, -0.2) is 26.8 Å². The van der Waals surface area contributed by atoms with Gasteiger partial charge in [-0.05, 0) is 25.1 Å². The van der Waals surface area contributed by atoms with Crippen LogP contribution in [0.15, 0.2) is 46.2 Å². The van der Waals surface area contributed by atoms with Crippen molar-refractivity contribution in [1.82, 2.24) is 15.2 Å². The number of aryl methyl sites for hydroxylation is 1. The van der Waals surface area contributed by atoms with Crippen molar-refractivity contribution in [3.63, 3.8) is 0 Å². The van der Waals surface area contributed by atoms with Crippen LogP contribution in [0.25, 0.3) is 11.5 Å². The fourth-order valence-corrected chi connectivity index (χ4v) is 2.96. The van der Waals surface area contributed by atoms with E-state index < -0.39 is 0 Å². The fraction of sp³-hybridized carbons (Fsp3) is 0.125. The van der Waals surface area contributed by atoms with Crippen LogP contribution >= 0.6 is 35.0 Å². The summed E-state index contributed by atoms with van der Waals surface area (Å²) in [5.74, 6) is 0.449. The minimum atomic E-state index is -0.294. The van der Waals surface area contributed by atoms with Crippen LogP contribution in [0.2, 0.25) is 10.0 Å². The molecule has 0 aliphatic rings. The molecule has 3 aromatic rings. The smallest absolute Gasteiger partial charge is 0.277 e. The number of benzene rings is 1. The van der Waals surface area contributed by atoms with Gasteiger partial charge in [-0.3, -0.25) is 4.79 Å². The Morgan fingerprint density at radius 1 is 1.28 bits per heavy atom. The van der Waals surface area contributed by atoms with Crippen LogP contribution in [-0.2, 0) is 4.79 Å². The number of carbonyl (C=O) groups excluding carboxylic acids is 1. The maximum absolute atomic E-state index is 12.0. The second kappa shape index (κ2) is 7.86. The number of hydrogen-bond acceptors (Lipinski definition) is 6. The predicted molar refractivity (Wildman–Crippen MR) is 98.1 cm³/mol. The number of amides is 1. The van der Waals surface area contributed by atoms with Crippen LogP contribution in [0.3, 0.4) is 0 Å². The molecule has 0 unspecified atom stereocenters. The van der Waals surface area contributed by atoms with E-state index in [2.05, 4.69) is 20.5 Å². The van der Waals surface area contributed by atoms with Crippen molar-refractivity contribution in [2.45, 2.75) is 12.1 Å². The maximum Gasteiger partial charge on any atom is 0.277 e. The molecule has 3 rings (SSSR count). The van der Waals surface area contributed by atoms with E-state index in [1.165, 1.54) is 12.3 Å². The first-order valence-corrected chi connectivity index (χ1v) is 8.89. The van der Waals surface area contributed by atoms with E-state index in [0.717, 1.165) is 22.9 Å². The molecule has 9 heteroatoms. The van der Waals surface area contributed by atoms with Gasteiger partial charge in [-0.1, -0.05) is 52.7 Å². The molecule has 0 fully saturated rings. The number of aromatic nitrogens is 3. The number of nitrogens with one attached hydrogen (secondary N) is 1. The van der Waals surface area contributed by atoms with Crippen LogP contribution in [0.5, 0.6) is 0 Å². The van der Waals surface area contributed by atoms with Gasteiger partial charge in [0.05, 0.1) is 15.8 Å². The number of anilines is 1. The summed E-state index contributed by atoms with van der Waals surface area (Å²) < 4.78 is 5.57. The van der Waals surface area contributed by atoms with Gasteiger partial charge in [0, 0.05) is 11.8 Å². The topological polar surface area (TPSA) is 80.9 Å². The molecular formula is C16H12Cl2N4O2S. The highest BCUT2D eigenvalue weighted by Crippen LogP contribution is 2.25. The average molecular weight is 395 g/mol. The standard InChI is InChI=1S/C16H12Cl2N4O2S/c1-9-3-2-4-10(5-9)15-21-22-16(24-15)25-8-13(23)20-14-12(18)6-11(17)7-19-14/h2-7H,8H2,1H3,(H,19,20,23). The van der Waals surface area contributed by atoms with Crippen LogP contribution in [0.1, 0.15) is 5.56 Å². The summed E-state index contributed by atoms with van der Waals surface area (Å²) >= 11 is 12.9. The second-order valence-corrected chi connectivity index (χ2v) is 6.83. The third kappa shape index (κ3) is 4.72. The molecule has 0 saturated carbocycles. The van der Waals surface area contributed by atoms with Crippen molar-refractivity contribution in [3.05, 3.63) is 52.1 Å². The Hall–Kier alpha value is -2.09. The summed E-state index contributed by atoms with van der Waals surface area (Å²) in [6.45, 7) is 1.98. The molecular weight excluding hydrogens is 383 g/mol. The molecule has 2 heterocycles. The molecule has 0 aliphatic heterocycles. The maximum atomic E-state index is 12.0. The van der Waals surface area contributed by atoms with Crippen molar-refractivity contribution in [1.29, 1.82) is 0 Å². The zero-order valence-electron chi connectivity index (χ0n) is 13.0. The summed E-state index contributed by atoms with van der Waals surface area (Å²) in [5.41, 5.74) is 1.93. The molecule has 0 bridgehead atoms. The Labute approximate surface area is 158 Å². The van der Waals surface area contributed by atoms with Crippen molar-refractivity contribution < 1.29 is 9.21 Å². The van der Waals surface area contributed by atoms with Crippen molar-refractivity contribution >= 4 is 46.7 Å². The number of carbonyl (C=O) groups is 1. The highest BCUT2D eigenvalue weighted by molar-refractivity contribution is 7.99. The number of nitrogens with zero attached hydrogens (tertiary/aromatic N) is 3. The van der Waals surface area contributed by atoms with E-state index in [0.29, 0.717) is 16.1 Å². The molecule has 0 spiro atoms. The van der Waals surface area contributed by atoms with E-state index in [1.54, 1.807) is 0 Å². The first-order chi connectivity index (χ1) is 12.0. The Morgan fingerprint density at radius 2 is 2.12 bits per heavy atom. The summed E-state index contributed by atoms with van der Waals surface area (Å²) in [5, 5.41) is 11.5. The Morgan fingerprint density at radius 3 is 2.88 bits per heavy atom. The lowest BCUT2D eigenvalue weighted by Gasteiger charge is -2.05. The lowest BCUT2D eigenvalue weighted by molar-refractivity contribution is -0.113.